The Bertz CT molecular complexity index is 4370. The fourth-order valence-corrected chi connectivity index (χ4v) is 17.1. The Labute approximate surface area is 635 Å². The molecule has 0 N–H and O–H groups in total. The van der Waals surface area contributed by atoms with Crippen molar-refractivity contribution in [3.05, 3.63) is 247 Å². The Morgan fingerprint density at radius 3 is 0.907 bits per heavy atom. The summed E-state index contributed by atoms with van der Waals surface area (Å²) < 4.78 is 38.1. The summed E-state index contributed by atoms with van der Waals surface area (Å²) in [5, 5.41) is 0. The van der Waals surface area contributed by atoms with Crippen LogP contribution in [0.2, 0.25) is 0 Å². The maximum Gasteiger partial charge on any atom is 0.343 e. The Morgan fingerprint density at radius 1 is 0.299 bits per heavy atom. The van der Waals surface area contributed by atoms with Crippen molar-refractivity contribution in [2.45, 2.75) is 232 Å². The second kappa shape index (κ2) is 38.8. The molecule has 3 fully saturated rings. The van der Waals surface area contributed by atoms with Gasteiger partial charge in [-0.3, -0.25) is 9.59 Å². The van der Waals surface area contributed by atoms with E-state index >= 15 is 0 Å². The van der Waals surface area contributed by atoms with E-state index in [0.717, 1.165) is 99.0 Å². The van der Waals surface area contributed by atoms with Gasteiger partial charge in [-0.15, -0.1) is 0 Å². The molecule has 8 aromatic rings. The van der Waals surface area contributed by atoms with Crippen LogP contribution in [0, 0.1) is 41.5 Å². The summed E-state index contributed by atoms with van der Waals surface area (Å²) in [7, 11) is 6.44. The first-order chi connectivity index (χ1) is 51.6. The van der Waals surface area contributed by atoms with Crippen molar-refractivity contribution in [2.75, 3.05) is 28.4 Å². The van der Waals surface area contributed by atoms with Crippen LogP contribution in [0.5, 0.6) is 34.5 Å². The molecule has 0 spiro atoms. The molecular formula is C94H112O13. The zero-order valence-corrected chi connectivity index (χ0v) is 65.5. The van der Waals surface area contributed by atoms with E-state index in [1.165, 1.54) is 147 Å². The van der Waals surface area contributed by atoms with Gasteiger partial charge in [0.2, 0.25) is 0 Å². The maximum absolute atomic E-state index is 12.7. The van der Waals surface area contributed by atoms with E-state index in [1.54, 1.807) is 76.8 Å². The van der Waals surface area contributed by atoms with Gasteiger partial charge >= 0.3 is 23.9 Å². The molecule has 0 radical (unpaired) electrons. The van der Waals surface area contributed by atoms with Crippen LogP contribution >= 0.6 is 0 Å². The molecule has 8 aromatic carbocycles. The number of hydrogen-bond donors (Lipinski definition) is 0. The average Bonchev–Trinajstić information content (AvgIpc) is 0.764. The molecule has 3 saturated carbocycles. The van der Waals surface area contributed by atoms with Crippen molar-refractivity contribution in [3.63, 3.8) is 0 Å². The quantitative estimate of drug-likeness (QED) is 0.0207. The van der Waals surface area contributed by atoms with Gasteiger partial charge in [0.25, 0.3) is 0 Å². The molecule has 107 heavy (non-hydrogen) atoms. The van der Waals surface area contributed by atoms with Gasteiger partial charge in [-0.2, -0.15) is 0 Å². The standard InChI is InChI=1S/C34H48O4.C30H32O5.C30H32O4/c1-26-24-29(37-4)18-20-31(26)34(22-14-11-15-23-34)32-21-19-30(25-27(32)2)38-33(36)17-13-10-8-6-5-7-9-12-16-28(3)35;1-20-18-24(33-3)12-14-26(20)30(16-6-5-7-17-30)27-15-13-25(19-21(27)2)35-29(32)23-10-8-22(9-11-23)28(31)34-4;1-20-17-25(33-4)11-13-27(20)30(15-6-5-7-16-30)28-14-12-26(18-21(28)2)34-29(32)24-10-8-9-23(19-24)22(3)31/h18-21,24-25H,5-17,22-23H2,1-4H3;8-15,18-19H,5-7,16-17H2,1-4H3;8-14,17-19H,5-7,15-16H2,1-4H3. The number of carbonyl (C=O) groups is 6. The van der Waals surface area contributed by atoms with Gasteiger partial charge in [0, 0.05) is 34.7 Å². The van der Waals surface area contributed by atoms with Gasteiger partial charge in [-0.1, -0.05) is 145 Å². The minimum absolute atomic E-state index is 0.00530. The van der Waals surface area contributed by atoms with E-state index in [9.17, 15) is 28.8 Å². The van der Waals surface area contributed by atoms with Crippen molar-refractivity contribution in [1.29, 1.82) is 0 Å². The first kappa shape index (κ1) is 81.5. The summed E-state index contributed by atoms with van der Waals surface area (Å²) in [6, 6.07) is 50.3. The molecule has 0 aliphatic heterocycles. The fraction of sp³-hybridized carbons (Fsp3) is 0.426. The van der Waals surface area contributed by atoms with Gasteiger partial charge in [0.15, 0.2) is 5.78 Å². The number of carbonyl (C=O) groups excluding carboxylic acids is 6. The largest absolute Gasteiger partial charge is 0.497 e. The Hall–Kier alpha value is -9.62. The lowest BCUT2D eigenvalue weighted by Gasteiger charge is -2.40. The number of ether oxygens (including phenoxy) is 7. The van der Waals surface area contributed by atoms with Crippen molar-refractivity contribution < 1.29 is 61.9 Å². The molecule has 0 aromatic heterocycles. The zero-order valence-electron chi connectivity index (χ0n) is 65.5. The van der Waals surface area contributed by atoms with Crippen molar-refractivity contribution in [1.82, 2.24) is 0 Å². The Kier molecular flexibility index (Phi) is 29.5. The highest BCUT2D eigenvalue weighted by molar-refractivity contribution is 5.98. The monoisotopic (exact) mass is 1450 g/mol. The number of methoxy groups -OCH3 is 4. The number of Topliss-reactive ketones (excluding diaryl/α,β-unsaturated/α-hetero) is 2. The van der Waals surface area contributed by atoms with Crippen LogP contribution in [0.25, 0.3) is 0 Å². The normalized spacial score (nSPS) is 14.8. The van der Waals surface area contributed by atoms with E-state index in [2.05, 4.69) is 120 Å². The molecule has 566 valence electrons. The van der Waals surface area contributed by atoms with Crippen LogP contribution in [-0.4, -0.2) is 63.9 Å². The summed E-state index contributed by atoms with van der Waals surface area (Å²) in [5.41, 5.74) is 16.7. The summed E-state index contributed by atoms with van der Waals surface area (Å²) >= 11 is 0. The van der Waals surface area contributed by atoms with E-state index in [-0.39, 0.29) is 28.0 Å². The highest BCUT2D eigenvalue weighted by atomic mass is 16.5. The number of hydrogen-bond acceptors (Lipinski definition) is 13. The van der Waals surface area contributed by atoms with Gasteiger partial charge in [0.05, 0.1) is 45.1 Å². The Balaban J connectivity index is 0.000000186. The Morgan fingerprint density at radius 2 is 0.589 bits per heavy atom. The van der Waals surface area contributed by atoms with Crippen LogP contribution < -0.4 is 28.4 Å². The van der Waals surface area contributed by atoms with Crippen molar-refractivity contribution >= 4 is 35.4 Å². The maximum atomic E-state index is 12.7. The predicted octanol–water partition coefficient (Wildman–Crippen LogP) is 22.5. The van der Waals surface area contributed by atoms with Crippen LogP contribution in [0.4, 0.5) is 0 Å². The van der Waals surface area contributed by atoms with Gasteiger partial charge in [-0.25, -0.2) is 14.4 Å². The topological polar surface area (TPSA) is 167 Å². The third-order valence-corrected chi connectivity index (χ3v) is 22.5. The van der Waals surface area contributed by atoms with Crippen molar-refractivity contribution in [2.24, 2.45) is 0 Å². The fourth-order valence-electron chi connectivity index (χ4n) is 17.1. The first-order valence-electron chi connectivity index (χ1n) is 38.8. The smallest absolute Gasteiger partial charge is 0.343 e. The van der Waals surface area contributed by atoms with Crippen LogP contribution in [0.3, 0.4) is 0 Å². The van der Waals surface area contributed by atoms with Crippen LogP contribution in [-0.2, 0) is 30.6 Å². The molecule has 0 atom stereocenters. The molecule has 0 bridgehead atoms. The third kappa shape index (κ3) is 20.8. The molecule has 11 rings (SSSR count). The number of rotatable bonds is 27. The highest BCUT2D eigenvalue weighted by Gasteiger charge is 2.41. The molecule has 0 unspecified atom stereocenters. The highest BCUT2D eigenvalue weighted by Crippen LogP contribution is 2.51. The van der Waals surface area contributed by atoms with Crippen LogP contribution in [0.15, 0.2) is 158 Å². The van der Waals surface area contributed by atoms with E-state index in [0.29, 0.717) is 58.1 Å². The minimum atomic E-state index is -0.466. The molecule has 0 amide bonds. The summed E-state index contributed by atoms with van der Waals surface area (Å²) in [4.78, 5) is 72.2. The second-order valence-electron chi connectivity index (χ2n) is 29.9. The van der Waals surface area contributed by atoms with Gasteiger partial charge in [-0.05, 0) is 283 Å². The molecule has 0 heterocycles. The number of ketones is 2. The lowest BCUT2D eigenvalue weighted by Crippen LogP contribution is -2.32. The summed E-state index contributed by atoms with van der Waals surface area (Å²) in [6.07, 6.45) is 27.7. The molecular weight excluding hydrogens is 1340 g/mol. The van der Waals surface area contributed by atoms with Crippen LogP contribution in [0.1, 0.15) is 283 Å². The van der Waals surface area contributed by atoms with Crippen molar-refractivity contribution in [3.8, 4) is 34.5 Å². The van der Waals surface area contributed by atoms with Gasteiger partial charge in [0.1, 0.15) is 40.3 Å². The number of aryl methyl sites for hydroxylation is 6. The lowest BCUT2D eigenvalue weighted by atomic mass is 9.63. The van der Waals surface area contributed by atoms with E-state index in [1.807, 2.05) is 30.3 Å². The molecule has 13 heteroatoms. The average molecular weight is 1450 g/mol. The first-order valence-corrected chi connectivity index (χ1v) is 38.8. The van der Waals surface area contributed by atoms with E-state index < -0.39 is 17.9 Å². The number of unbranched alkanes of at least 4 members (excludes halogenated alkanes) is 7. The predicted molar refractivity (Wildman–Crippen MR) is 425 cm³/mol. The van der Waals surface area contributed by atoms with Gasteiger partial charge < -0.3 is 38.0 Å². The number of benzene rings is 8. The zero-order chi connectivity index (χ0) is 76.7. The summed E-state index contributed by atoms with van der Waals surface area (Å²) in [5.74, 6) is 3.01. The second-order valence-corrected chi connectivity index (χ2v) is 29.9. The number of esters is 4. The molecule has 3 aliphatic carbocycles. The lowest BCUT2D eigenvalue weighted by molar-refractivity contribution is -0.134. The minimum Gasteiger partial charge on any atom is -0.497 e. The molecule has 13 nitrogen and oxygen atoms in total. The molecule has 0 saturated heterocycles. The SMILES string of the molecule is COC(=O)c1ccc(C(=O)Oc2ccc(C3(c4ccc(OC)cc4C)CCCCC3)c(C)c2)cc1.COc1ccc(C2(c3ccc(OC(=O)CCCCCCCCCCC(C)=O)cc3C)CCCCC2)c(C)c1.COc1ccc(C2(c3ccc(OC(=O)c4cccc(C(C)=O)c4)cc3C)CCCCC2)c(C)c1. The van der Waals surface area contributed by atoms with E-state index in [4.69, 9.17) is 33.2 Å². The third-order valence-electron chi connectivity index (χ3n) is 22.5. The molecule has 3 aliphatic rings. The summed E-state index contributed by atoms with van der Waals surface area (Å²) in [6.45, 7) is 16.0.